The number of carbonyl (C=O) groups excluding carboxylic acids is 1. The Bertz CT molecular complexity index is 1110. The summed E-state index contributed by atoms with van der Waals surface area (Å²) in [4.78, 5) is 15.0. The highest BCUT2D eigenvalue weighted by atomic mass is 19.1. The smallest absolute Gasteiger partial charge is 0.167 e. The molecule has 0 spiro atoms. The Balaban J connectivity index is 1.24. The van der Waals surface area contributed by atoms with Crippen molar-refractivity contribution in [2.75, 3.05) is 26.2 Å². The van der Waals surface area contributed by atoms with E-state index in [4.69, 9.17) is 4.74 Å². The second-order valence-corrected chi connectivity index (χ2v) is 9.59. The predicted octanol–water partition coefficient (Wildman–Crippen LogP) is 5.47. The molecule has 1 atom stereocenters. The molecule has 0 saturated carbocycles. The van der Waals surface area contributed by atoms with Crippen molar-refractivity contribution in [2.45, 2.75) is 38.2 Å². The van der Waals surface area contributed by atoms with Gasteiger partial charge in [0, 0.05) is 13.0 Å². The van der Waals surface area contributed by atoms with Gasteiger partial charge in [-0.25, -0.2) is 8.78 Å². The highest BCUT2D eigenvalue weighted by molar-refractivity contribution is 5.98. The van der Waals surface area contributed by atoms with Gasteiger partial charge in [-0.2, -0.15) is 0 Å². The fourth-order valence-electron chi connectivity index (χ4n) is 4.75. The second-order valence-electron chi connectivity index (χ2n) is 9.59. The molecule has 4 nitrogen and oxygen atoms in total. The van der Waals surface area contributed by atoms with Crippen LogP contribution in [-0.4, -0.2) is 48.1 Å². The quantitative estimate of drug-likeness (QED) is 0.360. The van der Waals surface area contributed by atoms with Crippen LogP contribution in [0.5, 0.6) is 5.75 Å². The Hall–Kier alpha value is -3.09. The number of aliphatic hydroxyl groups is 1. The minimum absolute atomic E-state index is 0.0216. The number of carbonyl (C=O) groups is 1. The van der Waals surface area contributed by atoms with E-state index in [-0.39, 0.29) is 35.9 Å². The van der Waals surface area contributed by atoms with Crippen LogP contribution in [0.1, 0.15) is 40.7 Å². The Labute approximate surface area is 211 Å². The number of benzene rings is 3. The highest BCUT2D eigenvalue weighted by Gasteiger charge is 2.22. The summed E-state index contributed by atoms with van der Waals surface area (Å²) in [6.07, 6.45) is 3.11. The number of aliphatic hydroxyl groups excluding tert-OH is 1. The molecular formula is C30H33F2NO3. The Kier molecular flexibility index (Phi) is 9.20. The van der Waals surface area contributed by atoms with E-state index in [1.165, 1.54) is 35.9 Å². The van der Waals surface area contributed by atoms with Crippen LogP contribution in [0, 0.1) is 17.6 Å². The summed E-state index contributed by atoms with van der Waals surface area (Å²) in [5, 5.41) is 10.6. The topological polar surface area (TPSA) is 49.8 Å². The molecule has 0 radical (unpaired) electrons. The van der Waals surface area contributed by atoms with Crippen LogP contribution < -0.4 is 4.74 Å². The standard InChI is InChI=1S/C30H33F2NO3/c31-25-9-6-22(7-10-25)8-12-29(35)28-19-26(32)11-13-30(28)36-21-27(34)20-33-16-14-24(15-17-33)18-23-4-2-1-3-5-23/h1-7,9-11,13,19,24,27,34H,8,12,14-18,20-21H2. The normalized spacial score (nSPS) is 15.5. The van der Waals surface area contributed by atoms with Crippen molar-refractivity contribution >= 4 is 5.78 Å². The minimum Gasteiger partial charge on any atom is -0.490 e. The summed E-state index contributed by atoms with van der Waals surface area (Å²) in [5.41, 5.74) is 2.35. The van der Waals surface area contributed by atoms with E-state index in [0.717, 1.165) is 37.9 Å². The lowest BCUT2D eigenvalue weighted by Gasteiger charge is -2.33. The minimum atomic E-state index is -0.720. The van der Waals surface area contributed by atoms with Crippen molar-refractivity contribution in [3.8, 4) is 5.75 Å². The average Bonchev–Trinajstić information content (AvgIpc) is 2.89. The molecular weight excluding hydrogens is 460 g/mol. The number of ether oxygens (including phenoxy) is 1. The molecule has 36 heavy (non-hydrogen) atoms. The molecule has 1 aliphatic heterocycles. The van der Waals surface area contributed by atoms with E-state index in [0.29, 0.717) is 18.9 Å². The van der Waals surface area contributed by atoms with Gasteiger partial charge in [0.25, 0.3) is 0 Å². The summed E-state index contributed by atoms with van der Waals surface area (Å²) in [6.45, 7) is 2.37. The summed E-state index contributed by atoms with van der Waals surface area (Å²) in [7, 11) is 0. The second kappa shape index (κ2) is 12.7. The van der Waals surface area contributed by atoms with E-state index in [2.05, 4.69) is 29.2 Å². The molecule has 190 valence electrons. The lowest BCUT2D eigenvalue weighted by atomic mass is 9.90. The number of hydrogen-bond donors (Lipinski definition) is 1. The van der Waals surface area contributed by atoms with Crippen LogP contribution in [0.4, 0.5) is 8.78 Å². The van der Waals surface area contributed by atoms with Crippen molar-refractivity contribution in [3.63, 3.8) is 0 Å². The predicted molar refractivity (Wildman–Crippen MR) is 136 cm³/mol. The first-order chi connectivity index (χ1) is 17.5. The van der Waals surface area contributed by atoms with Gasteiger partial charge in [0.05, 0.1) is 5.56 Å². The molecule has 0 aliphatic carbocycles. The maximum absolute atomic E-state index is 13.9. The SMILES string of the molecule is O=C(CCc1ccc(F)cc1)c1cc(F)ccc1OCC(O)CN1CCC(Cc2ccccc2)CC1. The van der Waals surface area contributed by atoms with Gasteiger partial charge >= 0.3 is 0 Å². The third-order valence-electron chi connectivity index (χ3n) is 6.77. The van der Waals surface area contributed by atoms with Gasteiger partial charge in [0.2, 0.25) is 0 Å². The molecule has 0 amide bonds. The first kappa shape index (κ1) is 26.0. The summed E-state index contributed by atoms with van der Waals surface area (Å²) >= 11 is 0. The monoisotopic (exact) mass is 493 g/mol. The molecule has 0 aromatic heterocycles. The summed E-state index contributed by atoms with van der Waals surface area (Å²) in [6, 6.07) is 20.3. The molecule has 4 rings (SSSR count). The highest BCUT2D eigenvalue weighted by Crippen LogP contribution is 2.24. The largest absolute Gasteiger partial charge is 0.490 e. The molecule has 1 saturated heterocycles. The number of aryl methyl sites for hydroxylation is 1. The Morgan fingerprint density at radius 2 is 1.64 bits per heavy atom. The molecule has 1 N–H and O–H groups in total. The zero-order valence-corrected chi connectivity index (χ0v) is 20.4. The van der Waals surface area contributed by atoms with Crippen molar-refractivity contribution in [3.05, 3.63) is 101 Å². The molecule has 1 heterocycles. The maximum Gasteiger partial charge on any atom is 0.167 e. The number of likely N-dealkylation sites (tertiary alicyclic amines) is 1. The number of nitrogens with zero attached hydrogens (tertiary/aromatic N) is 1. The van der Waals surface area contributed by atoms with Gasteiger partial charge in [0.1, 0.15) is 30.1 Å². The first-order valence-corrected chi connectivity index (χ1v) is 12.6. The Morgan fingerprint density at radius 3 is 2.36 bits per heavy atom. The van der Waals surface area contributed by atoms with Crippen LogP contribution in [-0.2, 0) is 12.8 Å². The zero-order valence-electron chi connectivity index (χ0n) is 20.4. The average molecular weight is 494 g/mol. The lowest BCUT2D eigenvalue weighted by Crippen LogP contribution is -2.41. The number of hydrogen-bond acceptors (Lipinski definition) is 4. The molecule has 6 heteroatoms. The third-order valence-corrected chi connectivity index (χ3v) is 6.77. The van der Waals surface area contributed by atoms with Crippen molar-refractivity contribution < 1.29 is 23.4 Å². The van der Waals surface area contributed by atoms with E-state index < -0.39 is 11.9 Å². The number of halogens is 2. The molecule has 1 unspecified atom stereocenters. The van der Waals surface area contributed by atoms with Crippen LogP contribution in [0.15, 0.2) is 72.8 Å². The van der Waals surface area contributed by atoms with E-state index in [1.54, 1.807) is 12.1 Å². The van der Waals surface area contributed by atoms with Crippen LogP contribution in [0.25, 0.3) is 0 Å². The third kappa shape index (κ3) is 7.70. The summed E-state index contributed by atoms with van der Waals surface area (Å²) < 4.78 is 32.8. The van der Waals surface area contributed by atoms with Crippen LogP contribution in [0.2, 0.25) is 0 Å². The zero-order chi connectivity index (χ0) is 25.3. The molecule has 0 bridgehead atoms. The fraction of sp³-hybridized carbons (Fsp3) is 0.367. The van der Waals surface area contributed by atoms with Gasteiger partial charge in [-0.05, 0) is 86.1 Å². The van der Waals surface area contributed by atoms with E-state index in [1.807, 2.05) is 6.07 Å². The maximum atomic E-state index is 13.9. The van der Waals surface area contributed by atoms with Gasteiger partial charge in [-0.1, -0.05) is 42.5 Å². The van der Waals surface area contributed by atoms with Crippen molar-refractivity contribution in [2.24, 2.45) is 5.92 Å². The van der Waals surface area contributed by atoms with Gasteiger partial charge in [-0.15, -0.1) is 0 Å². The number of ketones is 1. The van der Waals surface area contributed by atoms with Gasteiger partial charge < -0.3 is 14.7 Å². The Morgan fingerprint density at radius 1 is 0.944 bits per heavy atom. The number of piperidine rings is 1. The van der Waals surface area contributed by atoms with E-state index >= 15 is 0 Å². The molecule has 1 fully saturated rings. The summed E-state index contributed by atoms with van der Waals surface area (Å²) in [5.74, 6) is -0.197. The van der Waals surface area contributed by atoms with Crippen molar-refractivity contribution in [1.29, 1.82) is 0 Å². The molecule has 3 aromatic rings. The number of Topliss-reactive ketones (excluding diaryl/α,β-unsaturated/α-hetero) is 1. The van der Waals surface area contributed by atoms with Gasteiger partial charge in [-0.3, -0.25) is 4.79 Å². The first-order valence-electron chi connectivity index (χ1n) is 12.6. The van der Waals surface area contributed by atoms with E-state index in [9.17, 15) is 18.7 Å². The van der Waals surface area contributed by atoms with Gasteiger partial charge in [0.15, 0.2) is 5.78 Å². The van der Waals surface area contributed by atoms with Crippen molar-refractivity contribution in [1.82, 2.24) is 4.90 Å². The number of rotatable bonds is 11. The number of β-amino-alcohol motifs (C(OH)–C–C–N with tert-alkyl or cyclic N) is 1. The molecule has 1 aliphatic rings. The molecule has 3 aromatic carbocycles. The van der Waals surface area contributed by atoms with Crippen LogP contribution in [0.3, 0.4) is 0 Å². The fourth-order valence-corrected chi connectivity index (χ4v) is 4.75. The lowest BCUT2D eigenvalue weighted by molar-refractivity contribution is 0.0545. The van der Waals surface area contributed by atoms with Crippen LogP contribution >= 0.6 is 0 Å².